The highest BCUT2D eigenvalue weighted by molar-refractivity contribution is 7.98. The molecule has 2 rings (SSSR count). The van der Waals surface area contributed by atoms with Crippen LogP contribution in [0.15, 0.2) is 59.8 Å². The first-order valence-corrected chi connectivity index (χ1v) is 11.8. The molecule has 156 valence electrons. The van der Waals surface area contributed by atoms with Crippen LogP contribution < -0.4 is 14.1 Å². The molecule has 10 heteroatoms. The average molecular weight is 438 g/mol. The summed E-state index contributed by atoms with van der Waals surface area (Å²) in [6, 6.07) is 13.3. The van der Waals surface area contributed by atoms with Crippen LogP contribution >= 0.6 is 19.5 Å². The van der Waals surface area contributed by atoms with E-state index in [9.17, 15) is 14.3 Å². The fourth-order valence-corrected chi connectivity index (χ4v) is 4.33. The molecule has 0 spiro atoms. The molecule has 0 aliphatic heterocycles. The Balaban J connectivity index is 2.28. The monoisotopic (exact) mass is 438 g/mol. The van der Waals surface area contributed by atoms with Crippen LogP contribution in [0.5, 0.6) is 11.5 Å². The Morgan fingerprint density at radius 3 is 2.28 bits per heavy atom. The van der Waals surface area contributed by atoms with E-state index >= 15 is 0 Å². The Bertz CT molecular complexity index is 834. The number of nitroso groups, excluding NO2 is 1. The van der Waals surface area contributed by atoms with Gasteiger partial charge in [0.05, 0.1) is 6.61 Å². The molecular formula is C19H23N2O6PS. The molecule has 0 saturated heterocycles. The van der Waals surface area contributed by atoms with Crippen molar-refractivity contribution in [2.75, 3.05) is 18.6 Å². The standard InChI is InChI=1S/C19H23N2O6PS/c1-3-25-19(22)18(13-14-29-2)21-28(24,26-16-7-5-4-6-8-16)27-17-11-9-15(20-23)10-12-17/h4-12,18H,3,13-14H2,1-2H3,(H,21,24)/t18-,28?/m0/s1. The van der Waals surface area contributed by atoms with Crippen molar-refractivity contribution in [1.29, 1.82) is 0 Å². The van der Waals surface area contributed by atoms with Gasteiger partial charge in [-0.05, 0) is 66.9 Å². The number of hydrogen-bond acceptors (Lipinski definition) is 8. The summed E-state index contributed by atoms with van der Waals surface area (Å²) in [5, 5.41) is 5.53. The SMILES string of the molecule is CCOC(=O)[C@H](CCSC)NP(=O)(Oc1ccccc1)Oc1ccc(N=O)cc1. The van der Waals surface area contributed by atoms with Crippen molar-refractivity contribution >= 4 is 31.2 Å². The van der Waals surface area contributed by atoms with E-state index in [2.05, 4.69) is 10.3 Å². The predicted octanol–water partition coefficient (Wildman–Crippen LogP) is 4.92. The van der Waals surface area contributed by atoms with Gasteiger partial charge in [-0.15, -0.1) is 4.91 Å². The lowest BCUT2D eigenvalue weighted by atomic mass is 10.2. The lowest BCUT2D eigenvalue weighted by Crippen LogP contribution is -2.38. The van der Waals surface area contributed by atoms with E-state index < -0.39 is 19.8 Å². The normalized spacial score (nSPS) is 13.7. The van der Waals surface area contributed by atoms with Crippen molar-refractivity contribution in [3.8, 4) is 11.5 Å². The quantitative estimate of drug-likeness (QED) is 0.283. The van der Waals surface area contributed by atoms with Crippen LogP contribution in [-0.4, -0.2) is 30.6 Å². The fraction of sp³-hybridized carbons (Fsp3) is 0.316. The molecule has 2 aromatic carbocycles. The molecule has 0 heterocycles. The molecule has 0 saturated carbocycles. The summed E-state index contributed by atoms with van der Waals surface area (Å²) >= 11 is 1.54. The Morgan fingerprint density at radius 1 is 1.10 bits per heavy atom. The Hall–Kier alpha value is -2.35. The number of benzene rings is 2. The van der Waals surface area contributed by atoms with Gasteiger partial charge in [-0.25, -0.2) is 4.57 Å². The second-order valence-electron chi connectivity index (χ2n) is 5.79. The van der Waals surface area contributed by atoms with Gasteiger partial charge < -0.3 is 13.8 Å². The molecule has 0 aliphatic rings. The van der Waals surface area contributed by atoms with Gasteiger partial charge >= 0.3 is 13.7 Å². The topological polar surface area (TPSA) is 103 Å². The molecule has 1 unspecified atom stereocenters. The van der Waals surface area contributed by atoms with Crippen molar-refractivity contribution in [2.45, 2.75) is 19.4 Å². The van der Waals surface area contributed by atoms with Gasteiger partial charge in [-0.3, -0.25) is 4.79 Å². The van der Waals surface area contributed by atoms with Gasteiger partial charge in [-0.1, -0.05) is 18.2 Å². The van der Waals surface area contributed by atoms with Crippen molar-refractivity contribution < 1.29 is 23.1 Å². The fourth-order valence-electron chi connectivity index (χ4n) is 2.30. The number of rotatable bonds is 12. The molecule has 0 amide bonds. The Morgan fingerprint density at radius 2 is 1.72 bits per heavy atom. The van der Waals surface area contributed by atoms with Gasteiger partial charge in [0.25, 0.3) is 0 Å². The number of nitrogens with one attached hydrogen (secondary N) is 1. The first kappa shape index (κ1) is 22.9. The number of para-hydroxylation sites is 1. The van der Waals surface area contributed by atoms with Crippen molar-refractivity contribution in [3.63, 3.8) is 0 Å². The van der Waals surface area contributed by atoms with Crippen LogP contribution in [0.4, 0.5) is 5.69 Å². The molecule has 0 aromatic heterocycles. The van der Waals surface area contributed by atoms with Crippen LogP contribution in [-0.2, 0) is 14.1 Å². The van der Waals surface area contributed by atoms with E-state index in [1.807, 2.05) is 6.26 Å². The predicted molar refractivity (Wildman–Crippen MR) is 114 cm³/mol. The minimum absolute atomic E-state index is 0.191. The molecule has 8 nitrogen and oxygen atoms in total. The molecule has 2 aromatic rings. The van der Waals surface area contributed by atoms with Crippen LogP contribution in [0.1, 0.15) is 13.3 Å². The van der Waals surface area contributed by atoms with Gasteiger partial charge in [0.1, 0.15) is 23.2 Å². The number of esters is 1. The van der Waals surface area contributed by atoms with Crippen molar-refractivity contribution in [3.05, 3.63) is 59.5 Å². The molecule has 0 radical (unpaired) electrons. The zero-order valence-corrected chi connectivity index (χ0v) is 17.9. The third-order valence-corrected chi connectivity index (χ3v) is 5.81. The largest absolute Gasteiger partial charge is 0.513 e. The van der Waals surface area contributed by atoms with Crippen molar-refractivity contribution in [1.82, 2.24) is 5.09 Å². The smallest absolute Gasteiger partial charge is 0.465 e. The van der Waals surface area contributed by atoms with Crippen LogP contribution in [0, 0.1) is 4.91 Å². The van der Waals surface area contributed by atoms with E-state index in [1.54, 1.807) is 49.0 Å². The molecular weight excluding hydrogens is 415 g/mol. The van der Waals surface area contributed by atoms with Gasteiger partial charge in [0, 0.05) is 0 Å². The maximum Gasteiger partial charge on any atom is 0.513 e. The van der Waals surface area contributed by atoms with Gasteiger partial charge in [0.15, 0.2) is 0 Å². The lowest BCUT2D eigenvalue weighted by molar-refractivity contribution is -0.145. The van der Waals surface area contributed by atoms with E-state index in [1.165, 1.54) is 24.3 Å². The number of ether oxygens (including phenoxy) is 1. The summed E-state index contributed by atoms with van der Waals surface area (Å²) in [5.41, 5.74) is 0.202. The summed E-state index contributed by atoms with van der Waals surface area (Å²) in [6.45, 7) is 1.89. The summed E-state index contributed by atoms with van der Waals surface area (Å²) in [6.07, 6.45) is 2.28. The van der Waals surface area contributed by atoms with Crippen molar-refractivity contribution in [2.24, 2.45) is 5.18 Å². The highest BCUT2D eigenvalue weighted by Gasteiger charge is 2.35. The lowest BCUT2D eigenvalue weighted by Gasteiger charge is -2.24. The molecule has 29 heavy (non-hydrogen) atoms. The number of nitrogens with zero attached hydrogens (tertiary/aromatic N) is 1. The molecule has 0 bridgehead atoms. The van der Waals surface area contributed by atoms with E-state index in [0.717, 1.165) is 0 Å². The van der Waals surface area contributed by atoms with Crippen LogP contribution in [0.2, 0.25) is 0 Å². The number of hydrogen-bond donors (Lipinski definition) is 1. The van der Waals surface area contributed by atoms with E-state index in [-0.39, 0.29) is 18.0 Å². The summed E-state index contributed by atoms with van der Waals surface area (Å²) in [5.74, 6) is 0.600. The molecule has 0 aliphatic carbocycles. The zero-order valence-electron chi connectivity index (χ0n) is 16.1. The molecule has 1 N–H and O–H groups in total. The minimum Gasteiger partial charge on any atom is -0.465 e. The number of carbonyl (C=O) groups is 1. The highest BCUT2D eigenvalue weighted by Crippen LogP contribution is 2.45. The summed E-state index contributed by atoms with van der Waals surface area (Å²) in [4.78, 5) is 22.9. The maximum atomic E-state index is 13.5. The minimum atomic E-state index is -4.03. The average Bonchev–Trinajstić information content (AvgIpc) is 2.72. The number of thioether (sulfide) groups is 1. The first-order valence-electron chi connectivity index (χ1n) is 8.90. The van der Waals surface area contributed by atoms with E-state index in [0.29, 0.717) is 17.9 Å². The zero-order chi connectivity index (χ0) is 21.1. The highest BCUT2D eigenvalue weighted by atomic mass is 32.2. The van der Waals surface area contributed by atoms with Gasteiger partial charge in [-0.2, -0.15) is 16.8 Å². The Kier molecular flexibility index (Phi) is 9.18. The van der Waals surface area contributed by atoms with Crippen LogP contribution in [0.3, 0.4) is 0 Å². The molecule has 2 atom stereocenters. The third kappa shape index (κ3) is 7.53. The van der Waals surface area contributed by atoms with Crippen LogP contribution in [0.25, 0.3) is 0 Å². The maximum absolute atomic E-state index is 13.5. The Labute approximate surface area is 173 Å². The summed E-state index contributed by atoms with van der Waals surface area (Å²) in [7, 11) is -4.03. The third-order valence-electron chi connectivity index (χ3n) is 3.63. The first-order chi connectivity index (χ1) is 14.0. The second kappa shape index (κ2) is 11.6. The van der Waals surface area contributed by atoms with E-state index in [4.69, 9.17) is 13.8 Å². The summed E-state index contributed by atoms with van der Waals surface area (Å²) < 4.78 is 29.9. The van der Waals surface area contributed by atoms with Gasteiger partial charge in [0.2, 0.25) is 0 Å². The number of carbonyl (C=O) groups excluding carboxylic acids is 1. The molecule has 0 fully saturated rings. The second-order valence-corrected chi connectivity index (χ2v) is 8.40.